The van der Waals surface area contributed by atoms with Crippen LogP contribution >= 0.6 is 0 Å². The monoisotopic (exact) mass is 284 g/mol. The van der Waals surface area contributed by atoms with Gasteiger partial charge in [0.1, 0.15) is 0 Å². The maximum absolute atomic E-state index is 5.10. The maximum atomic E-state index is 5.10. The Morgan fingerprint density at radius 3 is 2.36 bits per heavy atom. The first-order valence-corrected chi connectivity index (χ1v) is 7.41. The van der Waals surface area contributed by atoms with E-state index < -0.39 is 0 Å². The molecular weight excluding hydrogens is 268 g/mol. The molecular formula is C21H16O. The molecule has 106 valence electrons. The van der Waals surface area contributed by atoms with E-state index in [9.17, 15) is 0 Å². The summed E-state index contributed by atoms with van der Waals surface area (Å²) in [5.74, 6) is 0. The maximum Gasteiger partial charge on any atom is 0.0830 e. The molecule has 0 aliphatic rings. The van der Waals surface area contributed by atoms with Crippen LogP contribution < -0.4 is 0 Å². The first-order valence-electron chi connectivity index (χ1n) is 7.41. The van der Waals surface area contributed by atoms with Crippen molar-refractivity contribution in [3.63, 3.8) is 0 Å². The molecule has 0 radical (unpaired) electrons. The van der Waals surface area contributed by atoms with E-state index in [-0.39, 0.29) is 0 Å². The summed E-state index contributed by atoms with van der Waals surface area (Å²) in [4.78, 5) is 0. The predicted octanol–water partition coefficient (Wildman–Crippen LogP) is 5.76. The Bertz CT molecular complexity index is 1010. The molecule has 0 spiro atoms. The molecule has 1 nitrogen and oxygen atoms in total. The number of hydrogen-bond donors (Lipinski definition) is 0. The third-order valence-corrected chi connectivity index (χ3v) is 4.18. The Hall–Kier alpha value is -2.80. The molecule has 0 saturated heterocycles. The fourth-order valence-electron chi connectivity index (χ4n) is 3.19. The Balaban J connectivity index is 2.18. The second-order valence-electron chi connectivity index (χ2n) is 5.43. The molecule has 1 heteroatoms. The van der Waals surface area contributed by atoms with Gasteiger partial charge in [-0.25, -0.2) is 0 Å². The van der Waals surface area contributed by atoms with Crippen LogP contribution in [-0.4, -0.2) is 7.11 Å². The number of methoxy groups -OCH3 is 1. The highest BCUT2D eigenvalue weighted by atomic mass is 16.5. The molecule has 0 atom stereocenters. The van der Waals surface area contributed by atoms with Crippen LogP contribution in [0.25, 0.3) is 38.4 Å². The Kier molecular flexibility index (Phi) is 3.05. The predicted molar refractivity (Wildman–Crippen MR) is 95.0 cm³/mol. The van der Waals surface area contributed by atoms with Gasteiger partial charge in [-0.3, -0.25) is 0 Å². The molecule has 0 N–H and O–H groups in total. The lowest BCUT2D eigenvalue weighted by Gasteiger charge is -2.10. The zero-order chi connectivity index (χ0) is 14.9. The van der Waals surface area contributed by atoms with Crippen LogP contribution in [0.2, 0.25) is 0 Å². The van der Waals surface area contributed by atoms with Crippen molar-refractivity contribution < 1.29 is 4.74 Å². The van der Waals surface area contributed by atoms with Crippen LogP contribution in [0.1, 0.15) is 5.56 Å². The zero-order valence-corrected chi connectivity index (χ0v) is 12.4. The van der Waals surface area contributed by atoms with Crippen LogP contribution in [0, 0.1) is 0 Å². The molecule has 4 rings (SSSR count). The van der Waals surface area contributed by atoms with Crippen molar-refractivity contribution >= 4 is 38.4 Å². The van der Waals surface area contributed by atoms with E-state index in [1.165, 1.54) is 37.9 Å². The molecule has 0 aromatic heterocycles. The average molecular weight is 284 g/mol. The van der Waals surface area contributed by atoms with Gasteiger partial charge < -0.3 is 4.74 Å². The second kappa shape index (κ2) is 5.19. The van der Waals surface area contributed by atoms with Crippen molar-refractivity contribution in [1.29, 1.82) is 0 Å². The van der Waals surface area contributed by atoms with Crippen molar-refractivity contribution in [1.82, 2.24) is 0 Å². The van der Waals surface area contributed by atoms with E-state index in [4.69, 9.17) is 4.74 Å². The van der Waals surface area contributed by atoms with Gasteiger partial charge in [-0.1, -0.05) is 66.7 Å². The van der Waals surface area contributed by atoms with Crippen LogP contribution in [-0.2, 0) is 4.74 Å². The lowest BCUT2D eigenvalue weighted by molar-refractivity contribution is 0.341. The van der Waals surface area contributed by atoms with E-state index in [1.807, 2.05) is 6.08 Å². The summed E-state index contributed by atoms with van der Waals surface area (Å²) in [5, 5.41) is 7.68. The van der Waals surface area contributed by atoms with Crippen molar-refractivity contribution in [2.45, 2.75) is 0 Å². The SMILES string of the molecule is CO/C=C/c1cccc2ccc3c4ccccc4ccc3c12. The lowest BCUT2D eigenvalue weighted by Crippen LogP contribution is -1.84. The van der Waals surface area contributed by atoms with Crippen LogP contribution in [0.15, 0.2) is 73.0 Å². The van der Waals surface area contributed by atoms with Crippen molar-refractivity contribution in [3.8, 4) is 0 Å². The lowest BCUT2D eigenvalue weighted by atomic mass is 9.94. The number of hydrogen-bond acceptors (Lipinski definition) is 1. The minimum Gasteiger partial charge on any atom is -0.504 e. The summed E-state index contributed by atoms with van der Waals surface area (Å²) >= 11 is 0. The fraction of sp³-hybridized carbons (Fsp3) is 0.0476. The summed E-state index contributed by atoms with van der Waals surface area (Å²) in [6, 6.07) is 23.8. The molecule has 0 aliphatic heterocycles. The highest BCUT2D eigenvalue weighted by molar-refractivity contribution is 6.19. The number of rotatable bonds is 2. The topological polar surface area (TPSA) is 9.23 Å². The van der Waals surface area contributed by atoms with E-state index in [0.717, 1.165) is 0 Å². The normalized spacial score (nSPS) is 11.7. The van der Waals surface area contributed by atoms with Gasteiger partial charge in [0.05, 0.1) is 13.4 Å². The van der Waals surface area contributed by atoms with E-state index in [0.29, 0.717) is 0 Å². The number of benzene rings is 4. The first kappa shape index (κ1) is 12.9. The molecule has 0 heterocycles. The van der Waals surface area contributed by atoms with Crippen LogP contribution in [0.5, 0.6) is 0 Å². The fourth-order valence-corrected chi connectivity index (χ4v) is 3.19. The quantitative estimate of drug-likeness (QED) is 0.336. The Morgan fingerprint density at radius 2 is 1.45 bits per heavy atom. The largest absolute Gasteiger partial charge is 0.504 e. The van der Waals surface area contributed by atoms with E-state index >= 15 is 0 Å². The zero-order valence-electron chi connectivity index (χ0n) is 12.4. The van der Waals surface area contributed by atoms with E-state index in [1.54, 1.807) is 13.4 Å². The Morgan fingerprint density at radius 1 is 0.682 bits per heavy atom. The molecule has 0 amide bonds. The van der Waals surface area contributed by atoms with Gasteiger partial charge in [-0.2, -0.15) is 0 Å². The molecule has 22 heavy (non-hydrogen) atoms. The van der Waals surface area contributed by atoms with Crippen LogP contribution in [0.4, 0.5) is 0 Å². The summed E-state index contributed by atoms with van der Waals surface area (Å²) < 4.78 is 5.10. The van der Waals surface area contributed by atoms with Gasteiger partial charge in [0.25, 0.3) is 0 Å². The van der Waals surface area contributed by atoms with E-state index in [2.05, 4.69) is 66.7 Å². The highest BCUT2D eigenvalue weighted by Gasteiger charge is 2.06. The average Bonchev–Trinajstić information content (AvgIpc) is 2.59. The minimum absolute atomic E-state index is 1.18. The molecule has 0 unspecified atom stereocenters. The second-order valence-corrected chi connectivity index (χ2v) is 5.43. The van der Waals surface area contributed by atoms with Gasteiger partial charge in [-0.05, 0) is 44.0 Å². The summed E-state index contributed by atoms with van der Waals surface area (Å²) in [6.45, 7) is 0. The van der Waals surface area contributed by atoms with Crippen molar-refractivity contribution in [2.24, 2.45) is 0 Å². The first-order chi connectivity index (χ1) is 10.9. The van der Waals surface area contributed by atoms with Gasteiger partial charge in [0.2, 0.25) is 0 Å². The molecule has 0 bridgehead atoms. The third-order valence-electron chi connectivity index (χ3n) is 4.18. The smallest absolute Gasteiger partial charge is 0.0830 e. The van der Waals surface area contributed by atoms with Crippen molar-refractivity contribution in [2.75, 3.05) is 7.11 Å². The molecule has 4 aromatic rings. The summed E-state index contributed by atoms with van der Waals surface area (Å²) in [5.41, 5.74) is 1.18. The van der Waals surface area contributed by atoms with Gasteiger partial charge in [0.15, 0.2) is 0 Å². The van der Waals surface area contributed by atoms with Gasteiger partial charge in [0, 0.05) is 0 Å². The molecule has 4 aromatic carbocycles. The van der Waals surface area contributed by atoms with Gasteiger partial charge in [-0.15, -0.1) is 0 Å². The highest BCUT2D eigenvalue weighted by Crippen LogP contribution is 2.33. The van der Waals surface area contributed by atoms with Gasteiger partial charge >= 0.3 is 0 Å². The van der Waals surface area contributed by atoms with Crippen LogP contribution in [0.3, 0.4) is 0 Å². The van der Waals surface area contributed by atoms with Crippen molar-refractivity contribution in [3.05, 3.63) is 78.6 Å². The third kappa shape index (κ3) is 1.94. The molecule has 0 saturated carbocycles. The number of fused-ring (bicyclic) bond motifs is 5. The Labute approximate surface area is 129 Å². The summed E-state index contributed by atoms with van der Waals surface area (Å²) in [6.07, 6.45) is 3.76. The minimum atomic E-state index is 1.18. The molecule has 0 fully saturated rings. The molecule has 0 aliphatic carbocycles. The number of ether oxygens (including phenoxy) is 1. The summed E-state index contributed by atoms with van der Waals surface area (Å²) in [7, 11) is 1.67. The standard InChI is InChI=1S/C21H16O/c1-22-14-13-17-7-4-6-16-10-11-19-18-8-3-2-5-15(18)9-12-20(19)21(16)17/h2-14H,1H3/b14-13+.